The molecule has 0 saturated heterocycles. The molecule has 0 radical (unpaired) electrons. The number of para-hydroxylation sites is 1. The number of thiophene rings is 1. The van der Waals surface area contributed by atoms with E-state index in [0.29, 0.717) is 22.7 Å². The Hall–Kier alpha value is -3.91. The number of anilines is 2. The highest BCUT2D eigenvalue weighted by Crippen LogP contribution is 2.21. The SMILES string of the molecule is CC(=O)Nc1cccc(NC(=O)C(Cc2c[nH]c3ccccc23)NC(=O)c2cccs2)c1. The first-order valence-corrected chi connectivity index (χ1v) is 11.0. The number of carbonyl (C=O) groups is 3. The summed E-state index contributed by atoms with van der Waals surface area (Å²) in [6.45, 7) is 1.42. The fourth-order valence-corrected chi connectivity index (χ4v) is 4.10. The summed E-state index contributed by atoms with van der Waals surface area (Å²) >= 11 is 1.32. The molecule has 0 fully saturated rings. The molecule has 4 aromatic rings. The Morgan fingerprint density at radius 3 is 2.50 bits per heavy atom. The molecule has 162 valence electrons. The maximum Gasteiger partial charge on any atom is 0.262 e. The molecule has 4 rings (SSSR count). The molecule has 0 aliphatic carbocycles. The van der Waals surface area contributed by atoms with Crippen molar-refractivity contribution in [1.82, 2.24) is 10.3 Å². The van der Waals surface area contributed by atoms with Crippen molar-refractivity contribution in [3.05, 3.63) is 82.7 Å². The van der Waals surface area contributed by atoms with Crippen molar-refractivity contribution in [2.24, 2.45) is 0 Å². The van der Waals surface area contributed by atoms with Crippen LogP contribution >= 0.6 is 11.3 Å². The number of fused-ring (bicyclic) bond motifs is 1. The van der Waals surface area contributed by atoms with Crippen LogP contribution in [0.3, 0.4) is 0 Å². The topological polar surface area (TPSA) is 103 Å². The lowest BCUT2D eigenvalue weighted by Gasteiger charge is -2.18. The average molecular weight is 447 g/mol. The van der Waals surface area contributed by atoms with Crippen LogP contribution in [0.2, 0.25) is 0 Å². The van der Waals surface area contributed by atoms with Gasteiger partial charge in [-0.2, -0.15) is 0 Å². The van der Waals surface area contributed by atoms with Crippen molar-refractivity contribution in [2.45, 2.75) is 19.4 Å². The van der Waals surface area contributed by atoms with Crippen molar-refractivity contribution >= 4 is 51.3 Å². The van der Waals surface area contributed by atoms with E-state index in [-0.39, 0.29) is 17.7 Å². The Morgan fingerprint density at radius 2 is 1.75 bits per heavy atom. The van der Waals surface area contributed by atoms with E-state index in [1.807, 2.05) is 35.8 Å². The number of nitrogens with one attached hydrogen (secondary N) is 4. The van der Waals surface area contributed by atoms with Crippen LogP contribution in [0, 0.1) is 0 Å². The van der Waals surface area contributed by atoms with E-state index in [4.69, 9.17) is 0 Å². The Bertz CT molecular complexity index is 1260. The fraction of sp³-hybridized carbons (Fsp3) is 0.125. The number of carbonyl (C=O) groups excluding carboxylic acids is 3. The lowest BCUT2D eigenvalue weighted by atomic mass is 10.0. The molecule has 0 bridgehead atoms. The van der Waals surface area contributed by atoms with Crippen molar-refractivity contribution in [1.29, 1.82) is 0 Å². The Labute approximate surface area is 188 Å². The number of H-pyrrole nitrogens is 1. The molecule has 32 heavy (non-hydrogen) atoms. The number of hydrogen-bond acceptors (Lipinski definition) is 4. The predicted octanol–water partition coefficient (Wildman–Crippen LogP) is 4.17. The fourth-order valence-electron chi connectivity index (χ4n) is 3.47. The van der Waals surface area contributed by atoms with Crippen LogP contribution in [0.5, 0.6) is 0 Å². The van der Waals surface area contributed by atoms with Gasteiger partial charge in [-0.3, -0.25) is 14.4 Å². The third-order valence-corrected chi connectivity index (χ3v) is 5.78. The lowest BCUT2D eigenvalue weighted by molar-refractivity contribution is -0.118. The minimum absolute atomic E-state index is 0.200. The van der Waals surface area contributed by atoms with E-state index < -0.39 is 6.04 Å². The van der Waals surface area contributed by atoms with Crippen molar-refractivity contribution in [3.8, 4) is 0 Å². The number of aromatic nitrogens is 1. The monoisotopic (exact) mass is 446 g/mol. The van der Waals surface area contributed by atoms with Gasteiger partial charge < -0.3 is 20.9 Å². The summed E-state index contributed by atoms with van der Waals surface area (Å²) in [5, 5.41) is 11.2. The Kier molecular flexibility index (Phi) is 6.32. The molecule has 7 nitrogen and oxygen atoms in total. The van der Waals surface area contributed by atoms with Crippen LogP contribution in [0.15, 0.2) is 72.2 Å². The van der Waals surface area contributed by atoms with Gasteiger partial charge in [-0.1, -0.05) is 30.3 Å². The quantitative estimate of drug-likeness (QED) is 0.343. The molecule has 8 heteroatoms. The molecule has 0 saturated carbocycles. The van der Waals surface area contributed by atoms with Crippen LogP contribution in [-0.2, 0) is 16.0 Å². The Morgan fingerprint density at radius 1 is 0.969 bits per heavy atom. The minimum atomic E-state index is -0.798. The van der Waals surface area contributed by atoms with Gasteiger partial charge in [0.25, 0.3) is 5.91 Å². The zero-order valence-electron chi connectivity index (χ0n) is 17.3. The van der Waals surface area contributed by atoms with Crippen LogP contribution in [0.4, 0.5) is 11.4 Å². The first kappa shape index (κ1) is 21.3. The third kappa shape index (κ3) is 5.04. The largest absolute Gasteiger partial charge is 0.361 e. The second-order valence-electron chi connectivity index (χ2n) is 7.32. The van der Waals surface area contributed by atoms with Crippen LogP contribution < -0.4 is 16.0 Å². The van der Waals surface area contributed by atoms with Gasteiger partial charge in [0, 0.05) is 41.8 Å². The molecular formula is C24H22N4O3S. The minimum Gasteiger partial charge on any atom is -0.361 e. The highest BCUT2D eigenvalue weighted by Gasteiger charge is 2.24. The second-order valence-corrected chi connectivity index (χ2v) is 8.27. The van der Waals surface area contributed by atoms with Gasteiger partial charge in [0.1, 0.15) is 6.04 Å². The molecule has 2 aromatic carbocycles. The number of rotatable bonds is 7. The molecule has 0 aliphatic rings. The zero-order valence-corrected chi connectivity index (χ0v) is 18.2. The molecule has 3 amide bonds. The molecule has 2 aromatic heterocycles. The summed E-state index contributed by atoms with van der Waals surface area (Å²) < 4.78 is 0. The van der Waals surface area contributed by atoms with Crippen molar-refractivity contribution in [3.63, 3.8) is 0 Å². The van der Waals surface area contributed by atoms with E-state index in [9.17, 15) is 14.4 Å². The highest BCUT2D eigenvalue weighted by atomic mass is 32.1. The van der Waals surface area contributed by atoms with Crippen LogP contribution in [-0.4, -0.2) is 28.7 Å². The van der Waals surface area contributed by atoms with Gasteiger partial charge in [-0.25, -0.2) is 0 Å². The van der Waals surface area contributed by atoms with E-state index >= 15 is 0 Å². The molecule has 4 N–H and O–H groups in total. The van der Waals surface area contributed by atoms with Gasteiger partial charge in [0.05, 0.1) is 4.88 Å². The molecule has 0 aliphatic heterocycles. The zero-order chi connectivity index (χ0) is 22.5. The van der Waals surface area contributed by atoms with Gasteiger partial charge in [0.2, 0.25) is 11.8 Å². The van der Waals surface area contributed by atoms with Gasteiger partial charge >= 0.3 is 0 Å². The first-order chi connectivity index (χ1) is 15.5. The number of aromatic amines is 1. The predicted molar refractivity (Wildman–Crippen MR) is 127 cm³/mol. The highest BCUT2D eigenvalue weighted by molar-refractivity contribution is 7.12. The summed E-state index contributed by atoms with van der Waals surface area (Å²) in [5.41, 5.74) is 3.00. The summed E-state index contributed by atoms with van der Waals surface area (Å²) in [6, 6.07) is 17.4. The molecule has 1 unspecified atom stereocenters. The normalized spacial score (nSPS) is 11.7. The van der Waals surface area contributed by atoms with E-state index in [1.165, 1.54) is 18.3 Å². The van der Waals surface area contributed by atoms with Gasteiger partial charge in [0.15, 0.2) is 0 Å². The van der Waals surface area contributed by atoms with Crippen molar-refractivity contribution in [2.75, 3.05) is 10.6 Å². The lowest BCUT2D eigenvalue weighted by Crippen LogP contribution is -2.45. The Balaban J connectivity index is 1.57. The maximum absolute atomic E-state index is 13.2. The standard InChI is InChI=1S/C24H22N4O3S/c1-15(29)26-17-6-4-7-18(13-17)27-23(30)21(28-24(31)22-10-5-11-32-22)12-16-14-25-20-9-3-2-8-19(16)20/h2-11,13-14,21,25H,12H2,1H3,(H,26,29)(H,27,30)(H,28,31). The van der Waals surface area contributed by atoms with E-state index in [1.54, 1.807) is 36.4 Å². The van der Waals surface area contributed by atoms with Gasteiger partial charge in [-0.05, 0) is 41.3 Å². The number of hydrogen-bond donors (Lipinski definition) is 4. The second kappa shape index (κ2) is 9.49. The summed E-state index contributed by atoms with van der Waals surface area (Å²) in [4.78, 5) is 41.0. The summed E-state index contributed by atoms with van der Waals surface area (Å²) in [7, 11) is 0. The molecule has 2 heterocycles. The molecular weight excluding hydrogens is 424 g/mol. The van der Waals surface area contributed by atoms with Crippen LogP contribution in [0.1, 0.15) is 22.2 Å². The van der Waals surface area contributed by atoms with Crippen molar-refractivity contribution < 1.29 is 14.4 Å². The van der Waals surface area contributed by atoms with Gasteiger partial charge in [-0.15, -0.1) is 11.3 Å². The number of amides is 3. The summed E-state index contributed by atoms with van der Waals surface area (Å²) in [6.07, 6.45) is 2.18. The van der Waals surface area contributed by atoms with E-state index in [0.717, 1.165) is 16.5 Å². The smallest absolute Gasteiger partial charge is 0.262 e. The van der Waals surface area contributed by atoms with E-state index in [2.05, 4.69) is 20.9 Å². The molecule has 0 spiro atoms. The number of benzene rings is 2. The van der Waals surface area contributed by atoms with Crippen LogP contribution in [0.25, 0.3) is 10.9 Å². The summed E-state index contributed by atoms with van der Waals surface area (Å²) in [5.74, 6) is -0.846. The molecule has 1 atom stereocenters. The average Bonchev–Trinajstić information content (AvgIpc) is 3.44. The maximum atomic E-state index is 13.2. The third-order valence-electron chi connectivity index (χ3n) is 4.92. The first-order valence-electron chi connectivity index (χ1n) is 10.1.